The van der Waals surface area contributed by atoms with E-state index in [0.717, 1.165) is 0 Å². The van der Waals surface area contributed by atoms with Gasteiger partial charge in [-0.2, -0.15) is 0 Å². The molecule has 0 aromatic heterocycles. The lowest BCUT2D eigenvalue weighted by atomic mass is 9.96. The lowest BCUT2D eigenvalue weighted by Crippen LogP contribution is -2.32. The summed E-state index contributed by atoms with van der Waals surface area (Å²) in [6.45, 7) is 3.60. The monoisotopic (exact) mass is 177 g/mol. The minimum Gasteiger partial charge on any atom is -0.309 e. The van der Waals surface area contributed by atoms with Gasteiger partial charge >= 0.3 is 0 Å². The average Bonchev–Trinajstić information content (AvgIpc) is 2.12. The van der Waals surface area contributed by atoms with Crippen molar-refractivity contribution in [2.45, 2.75) is 6.92 Å². The second-order valence-corrected chi connectivity index (χ2v) is 6.04. The van der Waals surface area contributed by atoms with Crippen LogP contribution >= 0.6 is 21.6 Å². The molecule has 1 saturated heterocycles. The molecule has 0 atom stereocenters. The Morgan fingerprint density at radius 1 is 1.30 bits per heavy atom. The van der Waals surface area contributed by atoms with E-state index in [1.165, 1.54) is 18.1 Å². The fraction of sp³-hybridized carbons (Fsp3) is 1.00. The summed E-state index contributed by atoms with van der Waals surface area (Å²) in [5, 5.41) is 0. The van der Waals surface area contributed by atoms with Crippen molar-refractivity contribution >= 4 is 21.6 Å². The summed E-state index contributed by atoms with van der Waals surface area (Å²) in [6, 6.07) is 0. The van der Waals surface area contributed by atoms with Gasteiger partial charge < -0.3 is 4.90 Å². The van der Waals surface area contributed by atoms with Crippen molar-refractivity contribution in [3.05, 3.63) is 0 Å². The van der Waals surface area contributed by atoms with Crippen LogP contribution in [0.3, 0.4) is 0 Å². The molecule has 1 rings (SSSR count). The molecule has 3 heteroatoms. The van der Waals surface area contributed by atoms with Crippen molar-refractivity contribution < 1.29 is 0 Å². The molecular weight excluding hydrogens is 162 g/mol. The molecule has 1 aliphatic rings. The highest BCUT2D eigenvalue weighted by atomic mass is 33.1. The number of hydrogen-bond donors (Lipinski definition) is 0. The number of nitrogens with zero attached hydrogens (tertiary/aromatic N) is 1. The van der Waals surface area contributed by atoms with Gasteiger partial charge in [0, 0.05) is 18.1 Å². The largest absolute Gasteiger partial charge is 0.309 e. The van der Waals surface area contributed by atoms with Gasteiger partial charge in [0.05, 0.1) is 0 Å². The van der Waals surface area contributed by atoms with Crippen molar-refractivity contribution in [1.29, 1.82) is 0 Å². The van der Waals surface area contributed by atoms with Crippen molar-refractivity contribution in [3.63, 3.8) is 0 Å². The van der Waals surface area contributed by atoms with Crippen LogP contribution in [0, 0.1) is 5.41 Å². The predicted molar refractivity (Wildman–Crippen MR) is 51.6 cm³/mol. The zero-order chi connectivity index (χ0) is 7.61. The van der Waals surface area contributed by atoms with Gasteiger partial charge in [0.1, 0.15) is 0 Å². The Morgan fingerprint density at radius 3 is 2.20 bits per heavy atom. The summed E-state index contributed by atoms with van der Waals surface area (Å²) in [4.78, 5) is 2.28. The first-order chi connectivity index (χ1) is 4.62. The van der Waals surface area contributed by atoms with Gasteiger partial charge in [-0.15, -0.1) is 0 Å². The first-order valence-electron chi connectivity index (χ1n) is 3.52. The van der Waals surface area contributed by atoms with Crippen molar-refractivity contribution in [3.8, 4) is 0 Å². The Balaban J connectivity index is 2.36. The molecule has 60 valence electrons. The van der Waals surface area contributed by atoms with Crippen LogP contribution in [0.4, 0.5) is 0 Å². The van der Waals surface area contributed by atoms with E-state index in [2.05, 4.69) is 25.9 Å². The van der Waals surface area contributed by atoms with Crippen LogP contribution < -0.4 is 0 Å². The molecule has 1 fully saturated rings. The summed E-state index contributed by atoms with van der Waals surface area (Å²) >= 11 is 0. The maximum atomic E-state index is 2.38. The average molecular weight is 177 g/mol. The van der Waals surface area contributed by atoms with Crippen LogP contribution in [-0.4, -0.2) is 37.0 Å². The molecule has 1 nitrogen and oxygen atoms in total. The second kappa shape index (κ2) is 3.37. The van der Waals surface area contributed by atoms with Gasteiger partial charge in [-0.1, -0.05) is 28.5 Å². The highest BCUT2D eigenvalue weighted by molar-refractivity contribution is 8.77. The molecule has 0 amide bonds. The summed E-state index contributed by atoms with van der Waals surface area (Å²) in [6.07, 6.45) is 0. The van der Waals surface area contributed by atoms with Crippen LogP contribution in [0.5, 0.6) is 0 Å². The highest BCUT2D eigenvalue weighted by Gasteiger charge is 2.30. The Hall–Kier alpha value is 0.660. The molecule has 0 unspecified atom stereocenters. The minimum atomic E-state index is 0.568. The van der Waals surface area contributed by atoms with E-state index in [9.17, 15) is 0 Å². The molecule has 0 spiro atoms. The van der Waals surface area contributed by atoms with Crippen LogP contribution in [0.1, 0.15) is 6.92 Å². The van der Waals surface area contributed by atoms with Gasteiger partial charge in [0.2, 0.25) is 0 Å². The van der Waals surface area contributed by atoms with Crippen molar-refractivity contribution in [2.24, 2.45) is 5.41 Å². The summed E-state index contributed by atoms with van der Waals surface area (Å²) in [5.41, 5.74) is 0.568. The van der Waals surface area contributed by atoms with Crippen molar-refractivity contribution in [2.75, 3.05) is 32.1 Å². The summed E-state index contributed by atoms with van der Waals surface area (Å²) in [5.74, 6) is 2.63. The van der Waals surface area contributed by atoms with E-state index in [0.29, 0.717) is 5.41 Å². The normalized spacial score (nSPS) is 24.0. The van der Waals surface area contributed by atoms with Gasteiger partial charge in [0.15, 0.2) is 0 Å². The Morgan fingerprint density at radius 2 is 1.80 bits per heavy atom. The molecule has 0 radical (unpaired) electrons. The maximum absolute atomic E-state index is 2.38. The third-order valence-electron chi connectivity index (χ3n) is 1.60. The fourth-order valence-corrected chi connectivity index (χ4v) is 4.72. The third-order valence-corrected chi connectivity index (χ3v) is 4.60. The van der Waals surface area contributed by atoms with E-state index >= 15 is 0 Å². The lowest BCUT2D eigenvalue weighted by molar-refractivity contribution is 0.275. The summed E-state index contributed by atoms with van der Waals surface area (Å²) < 4.78 is 0. The molecule has 0 aromatic rings. The zero-order valence-corrected chi connectivity index (χ0v) is 8.52. The molecule has 1 aliphatic heterocycles. The maximum Gasteiger partial charge on any atom is 0.0111 e. The molecule has 0 bridgehead atoms. The van der Waals surface area contributed by atoms with E-state index in [4.69, 9.17) is 0 Å². The predicted octanol–water partition coefficient (Wildman–Crippen LogP) is 1.95. The molecule has 0 saturated carbocycles. The standard InChI is InChI=1S/C7H15NS2/c1-7(4-8(2)3)5-9-10-6-7/h4-6H2,1-3H3. The molecular formula is C7H15NS2. The number of rotatable bonds is 2. The zero-order valence-electron chi connectivity index (χ0n) is 6.89. The van der Waals surface area contributed by atoms with Crippen LogP contribution in [0.2, 0.25) is 0 Å². The van der Waals surface area contributed by atoms with Crippen LogP contribution in [0.15, 0.2) is 0 Å². The third kappa shape index (κ3) is 2.36. The van der Waals surface area contributed by atoms with Gasteiger partial charge in [-0.25, -0.2) is 0 Å². The second-order valence-electron chi connectivity index (χ2n) is 3.57. The van der Waals surface area contributed by atoms with E-state index in [1.54, 1.807) is 0 Å². The molecule has 0 aromatic carbocycles. The van der Waals surface area contributed by atoms with E-state index < -0.39 is 0 Å². The first-order valence-corrected chi connectivity index (χ1v) is 6.00. The quantitative estimate of drug-likeness (QED) is 0.594. The Labute approximate surface area is 71.3 Å². The van der Waals surface area contributed by atoms with E-state index in [-0.39, 0.29) is 0 Å². The molecule has 0 N–H and O–H groups in total. The smallest absolute Gasteiger partial charge is 0.0111 e. The fourth-order valence-electron chi connectivity index (χ4n) is 1.26. The topological polar surface area (TPSA) is 3.24 Å². The summed E-state index contributed by atoms with van der Waals surface area (Å²) in [7, 11) is 8.33. The van der Waals surface area contributed by atoms with Gasteiger partial charge in [-0.3, -0.25) is 0 Å². The Kier molecular flexibility index (Phi) is 2.95. The molecule has 0 aliphatic carbocycles. The minimum absolute atomic E-state index is 0.568. The lowest BCUT2D eigenvalue weighted by Gasteiger charge is -2.25. The SMILES string of the molecule is CN(C)CC1(C)CSSC1. The Bertz CT molecular complexity index is 108. The first kappa shape index (κ1) is 8.75. The van der Waals surface area contributed by atoms with Gasteiger partial charge in [0.25, 0.3) is 0 Å². The van der Waals surface area contributed by atoms with Gasteiger partial charge in [-0.05, 0) is 19.5 Å². The van der Waals surface area contributed by atoms with Crippen LogP contribution in [0.25, 0.3) is 0 Å². The van der Waals surface area contributed by atoms with E-state index in [1.807, 2.05) is 21.6 Å². The molecule has 10 heavy (non-hydrogen) atoms. The number of hydrogen-bond acceptors (Lipinski definition) is 3. The highest BCUT2D eigenvalue weighted by Crippen LogP contribution is 2.42. The van der Waals surface area contributed by atoms with Crippen molar-refractivity contribution in [1.82, 2.24) is 4.90 Å². The van der Waals surface area contributed by atoms with Crippen LogP contribution in [-0.2, 0) is 0 Å². The molecule has 1 heterocycles.